The minimum Gasteiger partial charge on any atom is -0.505 e. The Hall–Kier alpha value is -3.14. The van der Waals surface area contributed by atoms with Crippen molar-refractivity contribution >= 4 is 22.6 Å². The van der Waals surface area contributed by atoms with E-state index in [-0.39, 0.29) is 5.75 Å². The largest absolute Gasteiger partial charge is 0.505 e. The number of aromatic amines is 1. The van der Waals surface area contributed by atoms with Crippen molar-refractivity contribution in [2.75, 3.05) is 0 Å². The molecule has 0 aliphatic rings. The van der Waals surface area contributed by atoms with Crippen molar-refractivity contribution in [3.63, 3.8) is 0 Å². The zero-order valence-corrected chi connectivity index (χ0v) is 15.3. The molecule has 0 saturated heterocycles. The molecule has 0 bridgehead atoms. The third-order valence-electron chi connectivity index (χ3n) is 3.95. The minimum atomic E-state index is -3.67. The lowest BCUT2D eigenvalue weighted by molar-refractivity contribution is 0.00819. The number of nitrogens with one attached hydrogen (secondary N) is 1. The van der Waals surface area contributed by atoms with E-state index in [1.165, 1.54) is 12.1 Å². The summed E-state index contributed by atoms with van der Waals surface area (Å²) >= 11 is 6.35. The van der Waals surface area contributed by atoms with Crippen LogP contribution in [0.5, 0.6) is 5.75 Å². The van der Waals surface area contributed by atoms with Gasteiger partial charge in [-0.1, -0.05) is 17.7 Å². The van der Waals surface area contributed by atoms with Gasteiger partial charge in [0.05, 0.1) is 0 Å². The lowest BCUT2D eigenvalue weighted by atomic mass is 10.0. The molecular formula is C18H13ClF4N4O2. The second-order valence-electron chi connectivity index (χ2n) is 5.86. The van der Waals surface area contributed by atoms with Gasteiger partial charge in [-0.15, -0.1) is 10.2 Å². The minimum absolute atomic E-state index is 0.354. The fourth-order valence-corrected chi connectivity index (χ4v) is 2.92. The molecule has 2 heterocycles. The Morgan fingerprint density at radius 3 is 2.52 bits per heavy atom. The number of nitrogens with zero attached hydrogens (tertiary/aromatic N) is 3. The van der Waals surface area contributed by atoms with Crippen molar-refractivity contribution in [3.8, 4) is 17.3 Å². The fourth-order valence-electron chi connectivity index (χ4n) is 2.65. The highest BCUT2D eigenvalue weighted by Crippen LogP contribution is 2.30. The number of furan rings is 1. The number of aromatic nitrogens is 4. The van der Waals surface area contributed by atoms with E-state index >= 15 is 0 Å². The Labute approximate surface area is 166 Å². The Bertz CT molecular complexity index is 1100. The quantitative estimate of drug-likeness (QED) is 0.443. The SMILES string of the molecule is FC(F)F.Oc1ccc(CCc2cc3oc(-c4nn[nH]n4)cc3cc2Cl)cc1F. The van der Waals surface area contributed by atoms with Gasteiger partial charge < -0.3 is 9.52 Å². The number of hydrogen-bond donors (Lipinski definition) is 2. The van der Waals surface area contributed by atoms with Crippen LogP contribution >= 0.6 is 11.6 Å². The molecule has 0 atom stereocenters. The van der Waals surface area contributed by atoms with Crippen LogP contribution in [0.25, 0.3) is 22.6 Å². The molecule has 0 saturated carbocycles. The standard InChI is InChI=1S/C17H12ClFN4O2.CHF3/c18-12-6-11-8-16(17-20-22-23-21-17)25-15(11)7-10(12)3-1-9-2-4-14(24)13(19)5-9;2-1(3)4/h2,4-8,24H,1,3H2,(H,20,21,22,23);1H. The van der Waals surface area contributed by atoms with E-state index in [1.54, 1.807) is 12.1 Å². The first kappa shape index (κ1) is 20.6. The highest BCUT2D eigenvalue weighted by molar-refractivity contribution is 6.32. The molecule has 0 aliphatic carbocycles. The van der Waals surface area contributed by atoms with Crippen LogP contribution in [-0.4, -0.2) is 32.4 Å². The first-order chi connectivity index (χ1) is 13.8. The summed E-state index contributed by atoms with van der Waals surface area (Å²) in [4.78, 5) is 0. The van der Waals surface area contributed by atoms with Gasteiger partial charge in [-0.3, -0.25) is 0 Å². The molecule has 4 aromatic rings. The Balaban J connectivity index is 0.000000552. The molecule has 0 amide bonds. The summed E-state index contributed by atoms with van der Waals surface area (Å²) in [7, 11) is 0. The van der Waals surface area contributed by atoms with Gasteiger partial charge in [0, 0.05) is 10.4 Å². The number of hydrogen-bond acceptors (Lipinski definition) is 5. The predicted octanol–water partition coefficient (Wildman–Crippen LogP) is 5.07. The van der Waals surface area contributed by atoms with Gasteiger partial charge in [0.25, 0.3) is 0 Å². The predicted molar refractivity (Wildman–Crippen MR) is 97.0 cm³/mol. The lowest BCUT2D eigenvalue weighted by Crippen LogP contribution is -1.93. The van der Waals surface area contributed by atoms with Gasteiger partial charge in [-0.05, 0) is 59.5 Å². The van der Waals surface area contributed by atoms with E-state index in [0.717, 1.165) is 16.5 Å². The summed E-state index contributed by atoms with van der Waals surface area (Å²) in [5.41, 5.74) is 2.33. The maximum atomic E-state index is 13.4. The van der Waals surface area contributed by atoms with Crippen molar-refractivity contribution in [1.29, 1.82) is 0 Å². The Morgan fingerprint density at radius 2 is 1.86 bits per heavy atom. The van der Waals surface area contributed by atoms with E-state index in [9.17, 15) is 22.7 Å². The summed E-state index contributed by atoms with van der Waals surface area (Å²) in [5, 5.41) is 24.4. The van der Waals surface area contributed by atoms with Gasteiger partial charge >= 0.3 is 6.68 Å². The zero-order valence-electron chi connectivity index (χ0n) is 14.5. The van der Waals surface area contributed by atoms with Crippen LogP contribution in [0.15, 0.2) is 40.8 Å². The smallest absolute Gasteiger partial charge is 0.379 e. The van der Waals surface area contributed by atoms with Gasteiger partial charge in [0.2, 0.25) is 5.82 Å². The number of fused-ring (bicyclic) bond motifs is 1. The lowest BCUT2D eigenvalue weighted by Gasteiger charge is -2.06. The Morgan fingerprint density at radius 1 is 1.10 bits per heavy atom. The monoisotopic (exact) mass is 428 g/mol. The Kier molecular flexibility index (Phi) is 6.32. The second-order valence-corrected chi connectivity index (χ2v) is 6.27. The molecule has 152 valence electrons. The number of aromatic hydroxyl groups is 1. The van der Waals surface area contributed by atoms with Crippen LogP contribution in [0, 0.1) is 5.82 Å². The van der Waals surface area contributed by atoms with Crippen LogP contribution in [0.3, 0.4) is 0 Å². The van der Waals surface area contributed by atoms with Gasteiger partial charge in [-0.2, -0.15) is 18.4 Å². The number of halogens is 5. The molecule has 11 heteroatoms. The third-order valence-corrected chi connectivity index (χ3v) is 4.30. The van der Waals surface area contributed by atoms with Crippen molar-refractivity contribution in [3.05, 3.63) is 58.4 Å². The highest BCUT2D eigenvalue weighted by Gasteiger charge is 2.13. The maximum Gasteiger partial charge on any atom is 0.379 e. The van der Waals surface area contributed by atoms with Crippen molar-refractivity contribution in [2.45, 2.75) is 19.5 Å². The number of tetrazole rings is 1. The van der Waals surface area contributed by atoms with Crippen molar-refractivity contribution < 1.29 is 27.1 Å². The molecule has 0 unspecified atom stereocenters. The van der Waals surface area contributed by atoms with E-state index in [1.807, 2.05) is 12.1 Å². The summed E-state index contributed by atoms with van der Waals surface area (Å²) in [6, 6.07) is 9.83. The van der Waals surface area contributed by atoms with E-state index in [2.05, 4.69) is 20.6 Å². The van der Waals surface area contributed by atoms with Crippen LogP contribution in [0.2, 0.25) is 5.02 Å². The molecule has 0 radical (unpaired) electrons. The van der Waals surface area contributed by atoms with Crippen LogP contribution < -0.4 is 0 Å². The molecule has 2 aromatic heterocycles. The number of rotatable bonds is 4. The molecule has 0 aliphatic heterocycles. The summed E-state index contributed by atoms with van der Waals surface area (Å²) < 4.78 is 48.2. The average Bonchev–Trinajstić information content (AvgIpc) is 3.31. The van der Waals surface area contributed by atoms with Crippen LogP contribution in [0.1, 0.15) is 11.1 Å². The maximum absolute atomic E-state index is 13.4. The van der Waals surface area contributed by atoms with E-state index in [0.29, 0.717) is 35.0 Å². The number of phenols is 1. The number of benzene rings is 2. The molecule has 29 heavy (non-hydrogen) atoms. The second kappa shape index (κ2) is 8.91. The van der Waals surface area contributed by atoms with Gasteiger partial charge in [0.15, 0.2) is 17.3 Å². The third kappa shape index (κ3) is 5.23. The molecule has 2 N–H and O–H groups in total. The highest BCUT2D eigenvalue weighted by atomic mass is 35.5. The molecule has 2 aromatic carbocycles. The van der Waals surface area contributed by atoms with Crippen LogP contribution in [-0.2, 0) is 12.8 Å². The molecular weight excluding hydrogens is 416 g/mol. The summed E-state index contributed by atoms with van der Waals surface area (Å²) in [6.45, 7) is -3.67. The molecule has 4 rings (SSSR count). The number of alkyl halides is 3. The summed E-state index contributed by atoms with van der Waals surface area (Å²) in [6.07, 6.45) is 1.19. The van der Waals surface area contributed by atoms with Crippen LogP contribution in [0.4, 0.5) is 17.6 Å². The average molecular weight is 429 g/mol. The van der Waals surface area contributed by atoms with Gasteiger partial charge in [-0.25, -0.2) is 4.39 Å². The first-order valence-corrected chi connectivity index (χ1v) is 8.56. The summed E-state index contributed by atoms with van der Waals surface area (Å²) in [5.74, 6) is -0.117. The normalized spacial score (nSPS) is 11.0. The first-order valence-electron chi connectivity index (χ1n) is 8.19. The molecule has 0 spiro atoms. The van der Waals surface area contributed by atoms with Crippen molar-refractivity contribution in [1.82, 2.24) is 20.6 Å². The topological polar surface area (TPSA) is 87.8 Å². The van der Waals surface area contributed by atoms with Gasteiger partial charge in [0.1, 0.15) is 5.58 Å². The number of phenolic OH excluding ortho intramolecular Hbond substituents is 1. The zero-order chi connectivity index (χ0) is 21.0. The fraction of sp³-hybridized carbons (Fsp3) is 0.167. The number of aryl methyl sites for hydroxylation is 2. The molecule has 0 fully saturated rings. The van der Waals surface area contributed by atoms with E-state index in [4.69, 9.17) is 16.0 Å². The van der Waals surface area contributed by atoms with E-state index < -0.39 is 12.5 Å². The van der Waals surface area contributed by atoms with Crippen molar-refractivity contribution in [2.24, 2.45) is 0 Å². The molecule has 6 nitrogen and oxygen atoms in total. The number of H-pyrrole nitrogens is 1.